The van der Waals surface area contributed by atoms with Gasteiger partial charge in [0.25, 0.3) is 0 Å². The number of aromatic hydroxyl groups is 1. The van der Waals surface area contributed by atoms with Gasteiger partial charge < -0.3 is 15.1 Å². The number of aliphatic hydroxyl groups excluding tert-OH is 1. The van der Waals surface area contributed by atoms with Gasteiger partial charge in [0, 0.05) is 24.7 Å². The Balaban J connectivity index is 1.91. The number of hydrogen-bond acceptors (Lipinski definition) is 5. The molecule has 3 rings (SSSR count). The Labute approximate surface area is 177 Å². The predicted molar refractivity (Wildman–Crippen MR) is 117 cm³/mol. The molecule has 27 heavy (non-hydrogen) atoms. The number of nitrogens with zero attached hydrogens (tertiary/aromatic N) is 3. The maximum Gasteiger partial charge on any atom is 0.197 e. The van der Waals surface area contributed by atoms with Gasteiger partial charge in [-0.3, -0.25) is 0 Å². The summed E-state index contributed by atoms with van der Waals surface area (Å²) in [6.45, 7) is 3.10. The maximum atomic E-state index is 10.8. The first-order valence-electron chi connectivity index (χ1n) is 8.44. The summed E-state index contributed by atoms with van der Waals surface area (Å²) in [6, 6.07) is 5.22. The van der Waals surface area contributed by atoms with Crippen molar-refractivity contribution in [2.75, 3.05) is 18.1 Å². The number of thiophene rings is 1. The molecular formula is C18H19Cl2N3O2S2. The van der Waals surface area contributed by atoms with Gasteiger partial charge >= 0.3 is 0 Å². The molecule has 1 aromatic heterocycles. The molecule has 1 fully saturated rings. The number of rotatable bonds is 3. The maximum absolute atomic E-state index is 10.8. The van der Waals surface area contributed by atoms with E-state index in [0.717, 1.165) is 5.56 Å². The van der Waals surface area contributed by atoms with Gasteiger partial charge in [0.2, 0.25) is 0 Å². The van der Waals surface area contributed by atoms with Crippen LogP contribution in [0, 0.1) is 0 Å². The van der Waals surface area contributed by atoms with E-state index < -0.39 is 0 Å². The molecule has 0 bridgehead atoms. The number of hydrazone groups is 1. The van der Waals surface area contributed by atoms with E-state index in [1.807, 2.05) is 10.3 Å². The molecular weight excluding hydrogens is 425 g/mol. The number of benzene rings is 1. The molecule has 1 aliphatic heterocycles. The number of hydrogen-bond donors (Lipinski definition) is 2. The van der Waals surface area contributed by atoms with Crippen LogP contribution in [0.4, 0.5) is 5.69 Å². The predicted octanol–water partition coefficient (Wildman–Crippen LogP) is 4.98. The lowest BCUT2D eigenvalue weighted by Gasteiger charge is -2.34. The number of likely N-dealkylation sites (tertiary alicyclic amines) is 1. The quantitative estimate of drug-likeness (QED) is 0.397. The summed E-state index contributed by atoms with van der Waals surface area (Å²) in [6.07, 6.45) is 2.66. The van der Waals surface area contributed by atoms with Crippen LogP contribution >= 0.6 is 46.8 Å². The average molecular weight is 444 g/mol. The fourth-order valence-electron chi connectivity index (χ4n) is 2.86. The molecule has 1 aromatic carbocycles. The van der Waals surface area contributed by atoms with Crippen LogP contribution in [0.5, 0.6) is 5.75 Å². The largest absolute Gasteiger partial charge is 0.504 e. The summed E-state index contributed by atoms with van der Waals surface area (Å²) >= 11 is 19.1. The highest BCUT2D eigenvalue weighted by Crippen LogP contribution is 2.45. The molecule has 1 saturated heterocycles. The molecule has 2 heterocycles. The van der Waals surface area contributed by atoms with Gasteiger partial charge in [-0.1, -0.05) is 29.3 Å². The fourth-order valence-corrected chi connectivity index (χ4v) is 4.40. The third-order valence-electron chi connectivity index (χ3n) is 4.30. The lowest BCUT2D eigenvalue weighted by molar-refractivity contribution is 0.109. The van der Waals surface area contributed by atoms with Crippen molar-refractivity contribution in [3.05, 3.63) is 33.6 Å². The standard InChI is InChI=1S/C18H19Cl2N3O2S2/c1-2-21-23(18(26)22-7-5-12(24)6-8-22)15-10-27-17(16(15)25)11-3-4-13(19)14(20)9-11/h2-4,9-10,12,24-25H,5-8H2,1H3/b21-2+. The minimum absolute atomic E-state index is 0.0865. The van der Waals surface area contributed by atoms with Crippen LogP contribution < -0.4 is 5.01 Å². The number of aliphatic hydroxyl groups is 1. The van der Waals surface area contributed by atoms with Crippen molar-refractivity contribution < 1.29 is 10.2 Å². The van der Waals surface area contributed by atoms with Gasteiger partial charge in [0.15, 0.2) is 10.9 Å². The Bertz CT molecular complexity index is 864. The zero-order valence-electron chi connectivity index (χ0n) is 14.6. The Hall–Kier alpha value is -1.38. The van der Waals surface area contributed by atoms with Crippen molar-refractivity contribution in [2.45, 2.75) is 25.9 Å². The van der Waals surface area contributed by atoms with Crippen LogP contribution in [0.15, 0.2) is 28.7 Å². The van der Waals surface area contributed by atoms with E-state index in [1.54, 1.807) is 36.3 Å². The molecule has 2 aromatic rings. The Morgan fingerprint density at radius 2 is 2.04 bits per heavy atom. The van der Waals surface area contributed by atoms with Crippen LogP contribution in [-0.2, 0) is 0 Å². The van der Waals surface area contributed by atoms with Gasteiger partial charge in [-0.05, 0) is 49.7 Å². The zero-order chi connectivity index (χ0) is 19.6. The average Bonchev–Trinajstić information content (AvgIpc) is 3.03. The molecule has 0 unspecified atom stereocenters. The van der Waals surface area contributed by atoms with Crippen molar-refractivity contribution in [1.29, 1.82) is 0 Å². The molecule has 0 aliphatic carbocycles. The van der Waals surface area contributed by atoms with Crippen molar-refractivity contribution in [3.63, 3.8) is 0 Å². The van der Waals surface area contributed by atoms with Crippen LogP contribution in [0.2, 0.25) is 10.0 Å². The Kier molecular flexibility index (Phi) is 6.60. The van der Waals surface area contributed by atoms with E-state index in [-0.39, 0.29) is 11.9 Å². The molecule has 0 atom stereocenters. The van der Waals surface area contributed by atoms with E-state index in [4.69, 9.17) is 35.4 Å². The van der Waals surface area contributed by atoms with Crippen LogP contribution in [0.3, 0.4) is 0 Å². The molecule has 9 heteroatoms. The first-order valence-corrected chi connectivity index (χ1v) is 10.5. The van der Waals surface area contributed by atoms with Gasteiger partial charge in [-0.25, -0.2) is 5.01 Å². The van der Waals surface area contributed by atoms with Crippen LogP contribution in [-0.4, -0.2) is 45.6 Å². The van der Waals surface area contributed by atoms with Gasteiger partial charge in [0.1, 0.15) is 5.69 Å². The molecule has 0 amide bonds. The summed E-state index contributed by atoms with van der Waals surface area (Å²) in [5.74, 6) is 0.0865. The zero-order valence-corrected chi connectivity index (χ0v) is 17.7. The first-order chi connectivity index (χ1) is 12.9. The van der Waals surface area contributed by atoms with E-state index in [9.17, 15) is 10.2 Å². The highest BCUT2D eigenvalue weighted by Gasteiger charge is 2.26. The molecule has 5 nitrogen and oxygen atoms in total. The van der Waals surface area contributed by atoms with E-state index in [1.165, 1.54) is 11.3 Å². The van der Waals surface area contributed by atoms with Crippen molar-refractivity contribution in [3.8, 4) is 16.2 Å². The molecule has 0 saturated carbocycles. The van der Waals surface area contributed by atoms with Gasteiger partial charge in [-0.15, -0.1) is 11.3 Å². The normalized spacial score (nSPS) is 15.5. The van der Waals surface area contributed by atoms with Gasteiger partial charge in [-0.2, -0.15) is 5.10 Å². The third-order valence-corrected chi connectivity index (χ3v) is 6.48. The summed E-state index contributed by atoms with van der Waals surface area (Å²) < 4.78 is 0. The second-order valence-electron chi connectivity index (χ2n) is 6.11. The minimum Gasteiger partial charge on any atom is -0.504 e. The third kappa shape index (κ3) is 4.38. The van der Waals surface area contributed by atoms with E-state index >= 15 is 0 Å². The van der Waals surface area contributed by atoms with E-state index in [0.29, 0.717) is 51.7 Å². The van der Waals surface area contributed by atoms with Gasteiger partial charge in [0.05, 0.1) is 21.0 Å². The number of piperidine rings is 1. The first kappa shape index (κ1) is 20.4. The second kappa shape index (κ2) is 8.75. The molecule has 0 radical (unpaired) electrons. The van der Waals surface area contributed by atoms with Crippen LogP contribution in [0.1, 0.15) is 19.8 Å². The molecule has 144 valence electrons. The SMILES string of the molecule is C/C=N/N(C(=S)N1CCC(O)CC1)c1csc(-c2ccc(Cl)c(Cl)c2)c1O. The second-order valence-corrected chi connectivity index (χ2v) is 8.17. The highest BCUT2D eigenvalue weighted by atomic mass is 35.5. The van der Waals surface area contributed by atoms with E-state index in [2.05, 4.69) is 5.10 Å². The summed E-state index contributed by atoms with van der Waals surface area (Å²) in [4.78, 5) is 2.65. The smallest absolute Gasteiger partial charge is 0.197 e. The van der Waals surface area contributed by atoms with Crippen molar-refractivity contribution in [1.82, 2.24) is 4.90 Å². The fraction of sp³-hybridized carbons (Fsp3) is 0.333. The Morgan fingerprint density at radius 3 is 2.67 bits per heavy atom. The monoisotopic (exact) mass is 443 g/mol. The summed E-state index contributed by atoms with van der Waals surface area (Å²) in [5, 5.41) is 29.6. The molecule has 2 N–H and O–H groups in total. The van der Waals surface area contributed by atoms with Crippen molar-refractivity contribution >= 4 is 63.8 Å². The number of halogens is 2. The summed E-state index contributed by atoms with van der Waals surface area (Å²) in [7, 11) is 0. The minimum atomic E-state index is -0.289. The lowest BCUT2D eigenvalue weighted by atomic mass is 10.1. The topological polar surface area (TPSA) is 59.3 Å². The highest BCUT2D eigenvalue weighted by molar-refractivity contribution is 7.80. The van der Waals surface area contributed by atoms with Crippen LogP contribution in [0.25, 0.3) is 10.4 Å². The van der Waals surface area contributed by atoms with Crippen molar-refractivity contribution in [2.24, 2.45) is 5.10 Å². The Morgan fingerprint density at radius 1 is 1.33 bits per heavy atom. The number of thiocarbonyl (C=S) groups is 1. The lowest BCUT2D eigenvalue weighted by Crippen LogP contribution is -2.45. The molecule has 1 aliphatic rings. The molecule has 0 spiro atoms. The number of anilines is 1. The summed E-state index contributed by atoms with van der Waals surface area (Å²) in [5.41, 5.74) is 1.28.